The van der Waals surface area contributed by atoms with Gasteiger partial charge in [0.15, 0.2) is 17.6 Å². The molecule has 3 rings (SSSR count). The summed E-state index contributed by atoms with van der Waals surface area (Å²) in [7, 11) is 1.31. The maximum absolute atomic E-state index is 13.2. The van der Waals surface area contributed by atoms with Gasteiger partial charge < -0.3 is 28.4 Å². The number of hydrogen-bond acceptors (Lipinski definition) is 9. The number of aryl methyl sites for hydroxylation is 1. The highest BCUT2D eigenvalue weighted by molar-refractivity contribution is 5.90. The van der Waals surface area contributed by atoms with Crippen molar-refractivity contribution in [3.8, 4) is 17.2 Å². The maximum Gasteiger partial charge on any atom is 0.352 e. The summed E-state index contributed by atoms with van der Waals surface area (Å²) < 4.78 is 32.0. The molecule has 0 radical (unpaired) electrons. The molecule has 2 atom stereocenters. The molecule has 1 aliphatic rings. The highest BCUT2D eigenvalue weighted by Crippen LogP contribution is 2.36. The molecule has 34 heavy (non-hydrogen) atoms. The number of fused-ring (bicyclic) bond motifs is 1. The van der Waals surface area contributed by atoms with Crippen molar-refractivity contribution >= 4 is 17.9 Å². The standard InChI is InChI=1S/C25H28O9/c1-5-7-16-12-18(24(27)29-4)9-10-19(16)34-22(25(28)33-15(3)23(26)30-6-2)17-8-11-20-21(13-17)32-14-31-20/h8-13,15,22H,5-7,14H2,1-4H3/t15-,22+/m0/s1. The Hall–Kier alpha value is -3.75. The summed E-state index contributed by atoms with van der Waals surface area (Å²) in [4.78, 5) is 37.1. The zero-order chi connectivity index (χ0) is 24.7. The van der Waals surface area contributed by atoms with Gasteiger partial charge in [-0.3, -0.25) is 0 Å². The molecule has 0 amide bonds. The van der Waals surface area contributed by atoms with E-state index < -0.39 is 30.1 Å². The second-order valence-corrected chi connectivity index (χ2v) is 7.51. The molecule has 0 N–H and O–H groups in total. The van der Waals surface area contributed by atoms with Gasteiger partial charge in [0, 0.05) is 5.56 Å². The van der Waals surface area contributed by atoms with Gasteiger partial charge in [-0.15, -0.1) is 0 Å². The summed E-state index contributed by atoms with van der Waals surface area (Å²) in [6.45, 7) is 5.32. The number of esters is 3. The summed E-state index contributed by atoms with van der Waals surface area (Å²) in [5.74, 6) is -0.498. The minimum atomic E-state index is -1.22. The van der Waals surface area contributed by atoms with Crippen molar-refractivity contribution in [2.24, 2.45) is 0 Å². The first kappa shape index (κ1) is 24.9. The molecule has 182 valence electrons. The lowest BCUT2D eigenvalue weighted by molar-refractivity contribution is -0.171. The summed E-state index contributed by atoms with van der Waals surface area (Å²) in [5.41, 5.74) is 1.55. The van der Waals surface area contributed by atoms with E-state index in [-0.39, 0.29) is 13.4 Å². The number of ether oxygens (including phenoxy) is 6. The summed E-state index contributed by atoms with van der Waals surface area (Å²) in [6, 6.07) is 9.81. The van der Waals surface area contributed by atoms with Gasteiger partial charge in [0.1, 0.15) is 5.75 Å². The van der Waals surface area contributed by atoms with E-state index in [0.29, 0.717) is 34.8 Å². The Labute approximate surface area is 197 Å². The molecule has 1 aliphatic heterocycles. The van der Waals surface area contributed by atoms with Gasteiger partial charge in [-0.2, -0.15) is 0 Å². The molecule has 9 nitrogen and oxygen atoms in total. The van der Waals surface area contributed by atoms with Crippen LogP contribution in [-0.4, -0.2) is 44.5 Å². The zero-order valence-corrected chi connectivity index (χ0v) is 19.6. The van der Waals surface area contributed by atoms with E-state index in [1.807, 2.05) is 6.92 Å². The quantitative estimate of drug-likeness (QED) is 0.377. The molecule has 0 saturated carbocycles. The molecule has 0 bridgehead atoms. The van der Waals surface area contributed by atoms with E-state index in [9.17, 15) is 14.4 Å². The average Bonchev–Trinajstić information content (AvgIpc) is 3.30. The number of carbonyl (C=O) groups is 3. The van der Waals surface area contributed by atoms with Crippen LogP contribution in [0.1, 0.15) is 54.8 Å². The fourth-order valence-corrected chi connectivity index (χ4v) is 3.40. The number of benzene rings is 2. The van der Waals surface area contributed by atoms with Gasteiger partial charge in [-0.25, -0.2) is 14.4 Å². The average molecular weight is 472 g/mol. The third-order valence-electron chi connectivity index (χ3n) is 5.07. The number of carbonyl (C=O) groups excluding carboxylic acids is 3. The summed E-state index contributed by atoms with van der Waals surface area (Å²) in [6.07, 6.45) is -0.960. The first-order valence-corrected chi connectivity index (χ1v) is 11.0. The van der Waals surface area contributed by atoms with Gasteiger partial charge in [0.2, 0.25) is 12.9 Å². The van der Waals surface area contributed by atoms with Crippen molar-refractivity contribution in [3.63, 3.8) is 0 Å². The molecule has 0 spiro atoms. The highest BCUT2D eigenvalue weighted by Gasteiger charge is 2.31. The van der Waals surface area contributed by atoms with Crippen molar-refractivity contribution in [2.75, 3.05) is 20.5 Å². The van der Waals surface area contributed by atoms with Crippen molar-refractivity contribution in [2.45, 2.75) is 45.8 Å². The fraction of sp³-hybridized carbons (Fsp3) is 0.400. The van der Waals surface area contributed by atoms with Crippen molar-refractivity contribution in [3.05, 3.63) is 53.1 Å². The van der Waals surface area contributed by atoms with Crippen molar-refractivity contribution in [1.82, 2.24) is 0 Å². The Balaban J connectivity index is 1.94. The van der Waals surface area contributed by atoms with Crippen LogP contribution in [0.2, 0.25) is 0 Å². The summed E-state index contributed by atoms with van der Waals surface area (Å²) >= 11 is 0. The molecule has 0 aromatic heterocycles. The first-order valence-electron chi connectivity index (χ1n) is 11.0. The van der Waals surface area contributed by atoms with E-state index in [1.54, 1.807) is 43.3 Å². The third-order valence-corrected chi connectivity index (χ3v) is 5.07. The fourth-order valence-electron chi connectivity index (χ4n) is 3.40. The molecule has 0 unspecified atom stereocenters. The Morgan fingerprint density at radius 3 is 2.47 bits per heavy atom. The number of hydrogen-bond donors (Lipinski definition) is 0. The van der Waals surface area contributed by atoms with Crippen LogP contribution in [0.3, 0.4) is 0 Å². The van der Waals surface area contributed by atoms with Crippen LogP contribution in [0.15, 0.2) is 36.4 Å². The normalized spacial score (nSPS) is 13.5. The van der Waals surface area contributed by atoms with E-state index in [4.69, 9.17) is 28.4 Å². The minimum Gasteiger partial charge on any atom is -0.474 e. The Kier molecular flexibility index (Phi) is 8.34. The van der Waals surface area contributed by atoms with Gasteiger partial charge in [0.05, 0.1) is 19.3 Å². The van der Waals surface area contributed by atoms with Crippen LogP contribution >= 0.6 is 0 Å². The summed E-state index contributed by atoms with van der Waals surface area (Å²) in [5, 5.41) is 0. The first-order chi connectivity index (χ1) is 16.4. The van der Waals surface area contributed by atoms with E-state index >= 15 is 0 Å². The van der Waals surface area contributed by atoms with Gasteiger partial charge in [-0.05, 0) is 56.2 Å². The SMILES string of the molecule is CCCc1cc(C(=O)OC)ccc1O[C@@H](C(=O)O[C@@H](C)C(=O)OCC)c1ccc2c(c1)OCO2. The second-order valence-electron chi connectivity index (χ2n) is 7.51. The lowest BCUT2D eigenvalue weighted by Gasteiger charge is -2.22. The third kappa shape index (κ3) is 5.78. The Morgan fingerprint density at radius 1 is 1.00 bits per heavy atom. The minimum absolute atomic E-state index is 0.0737. The van der Waals surface area contributed by atoms with Crippen LogP contribution in [0.25, 0.3) is 0 Å². The van der Waals surface area contributed by atoms with Crippen LogP contribution in [0, 0.1) is 0 Å². The number of methoxy groups -OCH3 is 1. The maximum atomic E-state index is 13.2. The molecule has 2 aromatic rings. The highest BCUT2D eigenvalue weighted by atomic mass is 16.7. The molecule has 0 saturated heterocycles. The van der Waals surface area contributed by atoms with Gasteiger partial charge >= 0.3 is 17.9 Å². The van der Waals surface area contributed by atoms with Crippen LogP contribution in [0.5, 0.6) is 17.2 Å². The lowest BCUT2D eigenvalue weighted by Crippen LogP contribution is -2.31. The predicted octanol–water partition coefficient (Wildman–Crippen LogP) is 3.77. The van der Waals surface area contributed by atoms with E-state index in [0.717, 1.165) is 12.0 Å². The van der Waals surface area contributed by atoms with Crippen LogP contribution < -0.4 is 14.2 Å². The van der Waals surface area contributed by atoms with Gasteiger partial charge in [0.25, 0.3) is 0 Å². The second kappa shape index (κ2) is 11.4. The van der Waals surface area contributed by atoms with Crippen LogP contribution in [0.4, 0.5) is 0 Å². The Bertz CT molecular complexity index is 1050. The predicted molar refractivity (Wildman–Crippen MR) is 120 cm³/mol. The molecule has 0 fully saturated rings. The molecule has 0 aliphatic carbocycles. The molecule has 9 heteroatoms. The number of rotatable bonds is 10. The molecular formula is C25H28O9. The topological polar surface area (TPSA) is 107 Å². The molecule has 2 aromatic carbocycles. The largest absolute Gasteiger partial charge is 0.474 e. The Morgan fingerprint density at radius 2 is 1.76 bits per heavy atom. The smallest absolute Gasteiger partial charge is 0.352 e. The van der Waals surface area contributed by atoms with Crippen LogP contribution in [-0.2, 0) is 30.2 Å². The monoisotopic (exact) mass is 472 g/mol. The van der Waals surface area contributed by atoms with E-state index in [1.165, 1.54) is 14.0 Å². The molecular weight excluding hydrogens is 444 g/mol. The zero-order valence-electron chi connectivity index (χ0n) is 19.6. The lowest BCUT2D eigenvalue weighted by atomic mass is 10.0. The molecule has 1 heterocycles. The van der Waals surface area contributed by atoms with Crippen molar-refractivity contribution < 1.29 is 42.8 Å². The van der Waals surface area contributed by atoms with E-state index in [2.05, 4.69) is 0 Å². The van der Waals surface area contributed by atoms with Crippen molar-refractivity contribution in [1.29, 1.82) is 0 Å². The van der Waals surface area contributed by atoms with Gasteiger partial charge in [-0.1, -0.05) is 19.4 Å².